The highest BCUT2D eigenvalue weighted by molar-refractivity contribution is 5.97. The van der Waals surface area contributed by atoms with E-state index in [1.165, 1.54) is 6.92 Å². The number of nitrogens with one attached hydrogen (secondary N) is 2. The maximum absolute atomic E-state index is 10.9. The van der Waals surface area contributed by atoms with Gasteiger partial charge in [-0.1, -0.05) is 0 Å². The smallest absolute Gasteiger partial charge is 0.221 e. The van der Waals surface area contributed by atoms with E-state index in [0.29, 0.717) is 0 Å². The van der Waals surface area contributed by atoms with Gasteiger partial charge in [-0.15, -0.1) is 0 Å². The second kappa shape index (κ2) is 4.99. The first-order chi connectivity index (χ1) is 8.15. The van der Waals surface area contributed by atoms with Crippen molar-refractivity contribution in [3.63, 3.8) is 0 Å². The lowest BCUT2D eigenvalue weighted by Gasteiger charge is -2.11. The predicted molar refractivity (Wildman–Crippen MR) is 70.6 cm³/mol. The summed E-state index contributed by atoms with van der Waals surface area (Å²) >= 11 is 0. The number of hydrogen-bond donors (Lipinski definition) is 2. The number of aryl methyl sites for hydroxylation is 1. The molecule has 0 saturated carbocycles. The summed E-state index contributed by atoms with van der Waals surface area (Å²) < 4.78 is 0. The minimum atomic E-state index is -0.0507. The van der Waals surface area contributed by atoms with Crippen molar-refractivity contribution in [1.29, 1.82) is 0 Å². The minimum absolute atomic E-state index is 0.0507. The molecule has 2 N–H and O–H groups in total. The molecule has 0 radical (unpaired) electrons. The number of anilines is 2. The Morgan fingerprint density at radius 3 is 2.82 bits per heavy atom. The van der Waals surface area contributed by atoms with Crippen molar-refractivity contribution in [3.05, 3.63) is 23.8 Å². The van der Waals surface area contributed by atoms with Crippen LogP contribution in [0.15, 0.2) is 23.2 Å². The Balaban J connectivity index is 2.11. The van der Waals surface area contributed by atoms with E-state index < -0.39 is 0 Å². The zero-order valence-corrected chi connectivity index (χ0v) is 10.2. The van der Waals surface area contributed by atoms with Crippen molar-refractivity contribution in [3.8, 4) is 0 Å². The molecule has 4 heteroatoms. The van der Waals surface area contributed by atoms with Gasteiger partial charge in [0.25, 0.3) is 0 Å². The third-order valence-electron chi connectivity index (χ3n) is 2.70. The van der Waals surface area contributed by atoms with E-state index >= 15 is 0 Å². The Kier molecular flexibility index (Phi) is 3.42. The fourth-order valence-corrected chi connectivity index (χ4v) is 1.88. The number of hydrogen-bond acceptors (Lipinski definition) is 3. The van der Waals surface area contributed by atoms with Gasteiger partial charge >= 0.3 is 0 Å². The second-order valence-corrected chi connectivity index (χ2v) is 4.27. The number of carbonyl (C=O) groups excluding carboxylic acids is 1. The van der Waals surface area contributed by atoms with Gasteiger partial charge in [-0.05, 0) is 37.1 Å². The van der Waals surface area contributed by atoms with E-state index in [1.54, 1.807) is 0 Å². The maximum Gasteiger partial charge on any atom is 0.221 e. The van der Waals surface area contributed by atoms with Crippen LogP contribution in [-0.4, -0.2) is 18.3 Å². The molecule has 0 fully saturated rings. The average Bonchev–Trinajstić information content (AvgIpc) is 2.74. The van der Waals surface area contributed by atoms with E-state index in [9.17, 15) is 4.79 Å². The molecule has 4 nitrogen and oxygen atoms in total. The number of amides is 1. The Morgan fingerprint density at radius 2 is 2.24 bits per heavy atom. The fraction of sp³-hybridized carbons (Fsp3) is 0.385. The Bertz CT molecular complexity index is 466. The summed E-state index contributed by atoms with van der Waals surface area (Å²) in [5, 5.41) is 6.10. The van der Waals surface area contributed by atoms with Gasteiger partial charge in [0, 0.05) is 31.3 Å². The van der Waals surface area contributed by atoms with Crippen molar-refractivity contribution in [2.24, 2.45) is 4.99 Å². The SMILES string of the molecule is CC(=O)Nc1ccc(NC2=NCCC2)c(C)c1. The van der Waals surface area contributed by atoms with Crippen LogP contribution in [-0.2, 0) is 4.79 Å². The standard InChI is InChI=1S/C13H17N3O/c1-9-8-11(15-10(2)17)5-6-12(9)16-13-4-3-7-14-13/h5-6,8H,3-4,7H2,1-2H3,(H,14,16)(H,15,17). The Labute approximate surface area is 101 Å². The number of amidine groups is 1. The summed E-state index contributed by atoms with van der Waals surface area (Å²) in [4.78, 5) is 15.3. The minimum Gasteiger partial charge on any atom is -0.344 e. The van der Waals surface area contributed by atoms with Gasteiger partial charge in [0.1, 0.15) is 5.84 Å². The van der Waals surface area contributed by atoms with E-state index in [-0.39, 0.29) is 5.91 Å². The molecule has 0 saturated heterocycles. The molecule has 90 valence electrons. The van der Waals surface area contributed by atoms with Crippen LogP contribution in [0.3, 0.4) is 0 Å². The molecule has 1 amide bonds. The highest BCUT2D eigenvalue weighted by atomic mass is 16.1. The molecule has 0 atom stereocenters. The molecule has 0 bridgehead atoms. The van der Waals surface area contributed by atoms with Gasteiger partial charge in [0.05, 0.1) is 0 Å². The lowest BCUT2D eigenvalue weighted by molar-refractivity contribution is -0.114. The Morgan fingerprint density at radius 1 is 1.41 bits per heavy atom. The van der Waals surface area contributed by atoms with E-state index in [2.05, 4.69) is 15.6 Å². The molecule has 0 aromatic heterocycles. The molecule has 0 spiro atoms. The summed E-state index contributed by atoms with van der Waals surface area (Å²) in [5.41, 5.74) is 2.99. The topological polar surface area (TPSA) is 53.5 Å². The number of nitrogens with zero attached hydrogens (tertiary/aromatic N) is 1. The maximum atomic E-state index is 10.9. The van der Waals surface area contributed by atoms with Crippen molar-refractivity contribution < 1.29 is 4.79 Å². The molecule has 2 rings (SSSR count). The second-order valence-electron chi connectivity index (χ2n) is 4.27. The molecule has 0 aliphatic carbocycles. The molecule has 17 heavy (non-hydrogen) atoms. The Hall–Kier alpha value is -1.84. The number of rotatable bonds is 2. The normalized spacial score (nSPS) is 14.4. The van der Waals surface area contributed by atoms with E-state index in [1.807, 2.05) is 25.1 Å². The van der Waals surface area contributed by atoms with Gasteiger partial charge < -0.3 is 10.6 Å². The largest absolute Gasteiger partial charge is 0.344 e. The summed E-state index contributed by atoms with van der Waals surface area (Å²) in [6, 6.07) is 5.83. The van der Waals surface area contributed by atoms with Crippen molar-refractivity contribution in [2.75, 3.05) is 17.2 Å². The molecule has 1 aromatic rings. The molecule has 1 aromatic carbocycles. The molecule has 1 aliphatic rings. The highest BCUT2D eigenvalue weighted by Crippen LogP contribution is 2.21. The third-order valence-corrected chi connectivity index (χ3v) is 2.70. The summed E-state index contributed by atoms with van der Waals surface area (Å²) in [6.45, 7) is 4.45. The first kappa shape index (κ1) is 11.6. The lowest BCUT2D eigenvalue weighted by Crippen LogP contribution is -2.10. The quantitative estimate of drug-likeness (QED) is 0.821. The van der Waals surface area contributed by atoms with Crippen molar-refractivity contribution in [1.82, 2.24) is 0 Å². The third kappa shape index (κ3) is 3.06. The zero-order chi connectivity index (χ0) is 12.3. The van der Waals surface area contributed by atoms with Crippen LogP contribution >= 0.6 is 0 Å². The van der Waals surface area contributed by atoms with Crippen molar-refractivity contribution in [2.45, 2.75) is 26.7 Å². The van der Waals surface area contributed by atoms with Gasteiger partial charge in [-0.2, -0.15) is 0 Å². The van der Waals surface area contributed by atoms with Crippen LogP contribution in [0.4, 0.5) is 11.4 Å². The first-order valence-electron chi connectivity index (χ1n) is 5.84. The summed E-state index contributed by atoms with van der Waals surface area (Å²) in [6.07, 6.45) is 2.15. The van der Waals surface area contributed by atoms with Gasteiger partial charge in [0.2, 0.25) is 5.91 Å². The first-order valence-corrected chi connectivity index (χ1v) is 5.84. The van der Waals surface area contributed by atoms with Gasteiger partial charge in [0.15, 0.2) is 0 Å². The van der Waals surface area contributed by atoms with Crippen LogP contribution in [0, 0.1) is 6.92 Å². The number of carbonyl (C=O) groups is 1. The van der Waals surface area contributed by atoms with E-state index in [0.717, 1.165) is 42.2 Å². The zero-order valence-electron chi connectivity index (χ0n) is 10.2. The summed E-state index contributed by atoms with van der Waals surface area (Å²) in [5.74, 6) is 1.01. The number of benzene rings is 1. The fourth-order valence-electron chi connectivity index (χ4n) is 1.88. The lowest BCUT2D eigenvalue weighted by atomic mass is 10.1. The van der Waals surface area contributed by atoms with Gasteiger partial charge in [-0.25, -0.2) is 0 Å². The molecule has 1 aliphatic heterocycles. The predicted octanol–water partition coefficient (Wildman–Crippen LogP) is 2.56. The van der Waals surface area contributed by atoms with Crippen molar-refractivity contribution >= 4 is 23.1 Å². The van der Waals surface area contributed by atoms with Crippen LogP contribution in [0.1, 0.15) is 25.3 Å². The highest BCUT2D eigenvalue weighted by Gasteiger charge is 2.08. The molecular weight excluding hydrogens is 214 g/mol. The average molecular weight is 231 g/mol. The van der Waals surface area contributed by atoms with Crippen LogP contribution < -0.4 is 10.6 Å². The van der Waals surface area contributed by atoms with E-state index in [4.69, 9.17) is 0 Å². The molecule has 1 heterocycles. The van der Waals surface area contributed by atoms with Crippen LogP contribution in [0.5, 0.6) is 0 Å². The van der Waals surface area contributed by atoms with Crippen LogP contribution in [0.25, 0.3) is 0 Å². The monoisotopic (exact) mass is 231 g/mol. The molecular formula is C13H17N3O. The van der Waals surface area contributed by atoms with Gasteiger partial charge in [-0.3, -0.25) is 9.79 Å². The number of aliphatic imine (C=N–C) groups is 1. The summed E-state index contributed by atoms with van der Waals surface area (Å²) in [7, 11) is 0. The molecule has 0 unspecified atom stereocenters. The van der Waals surface area contributed by atoms with Crippen LogP contribution in [0.2, 0.25) is 0 Å².